The summed E-state index contributed by atoms with van der Waals surface area (Å²) in [5, 5.41) is 19.4. The predicted octanol–water partition coefficient (Wildman–Crippen LogP) is 5.51. The number of phenols is 2. The zero-order valence-corrected chi connectivity index (χ0v) is 15.5. The van der Waals surface area contributed by atoms with Crippen molar-refractivity contribution in [2.45, 2.75) is 0 Å². The first kappa shape index (κ1) is 19.1. The lowest BCUT2D eigenvalue weighted by molar-refractivity contribution is 0.217. The van der Waals surface area contributed by atoms with E-state index in [0.717, 1.165) is 22.3 Å². The number of hydrogen-bond acceptors (Lipinski definition) is 4. The summed E-state index contributed by atoms with van der Waals surface area (Å²) >= 11 is 0. The van der Waals surface area contributed by atoms with Gasteiger partial charge in [-0.25, -0.2) is 0 Å². The van der Waals surface area contributed by atoms with Gasteiger partial charge in [-0.15, -0.1) is 0 Å². The van der Waals surface area contributed by atoms with Crippen LogP contribution in [0, 0.1) is 0 Å². The minimum absolute atomic E-state index is 0.118. The van der Waals surface area contributed by atoms with E-state index in [1.807, 2.05) is 24.3 Å². The van der Waals surface area contributed by atoms with E-state index < -0.39 is 0 Å². The Labute approximate surface area is 164 Å². The minimum atomic E-state index is 0.118. The van der Waals surface area contributed by atoms with Gasteiger partial charge >= 0.3 is 0 Å². The smallest absolute Gasteiger partial charge is 0.131 e. The van der Waals surface area contributed by atoms with Gasteiger partial charge in [0.25, 0.3) is 0 Å². The summed E-state index contributed by atoms with van der Waals surface area (Å²) in [7, 11) is 0. The standard InChI is InChI=1S/C24H22O4/c1-3-17-8-9-18(4-2)23(14-17)22-11-10-20(26)16-24(22)28-13-12-27-21-7-5-6-19(25)15-21/h3-11,14-16,25-26H,1-2,12-13H2. The normalized spacial score (nSPS) is 10.3. The van der Waals surface area contributed by atoms with E-state index in [0.29, 0.717) is 18.1 Å². The molecule has 0 spiro atoms. The highest BCUT2D eigenvalue weighted by Gasteiger charge is 2.11. The van der Waals surface area contributed by atoms with Crippen LogP contribution in [0.5, 0.6) is 23.0 Å². The molecule has 0 heterocycles. The van der Waals surface area contributed by atoms with Gasteiger partial charge in [0, 0.05) is 17.7 Å². The Morgan fingerprint density at radius 2 is 1.54 bits per heavy atom. The highest BCUT2D eigenvalue weighted by atomic mass is 16.5. The zero-order valence-electron chi connectivity index (χ0n) is 15.5. The van der Waals surface area contributed by atoms with Crippen LogP contribution < -0.4 is 9.47 Å². The van der Waals surface area contributed by atoms with Crippen molar-refractivity contribution >= 4 is 12.2 Å². The molecule has 28 heavy (non-hydrogen) atoms. The molecule has 2 N–H and O–H groups in total. The Bertz CT molecular complexity index is 992. The monoisotopic (exact) mass is 374 g/mol. The Kier molecular flexibility index (Phi) is 6.02. The van der Waals surface area contributed by atoms with Crippen molar-refractivity contribution in [3.05, 3.63) is 84.9 Å². The fraction of sp³-hybridized carbons (Fsp3) is 0.0833. The van der Waals surface area contributed by atoms with Gasteiger partial charge in [0.15, 0.2) is 0 Å². The molecule has 0 aromatic heterocycles. The van der Waals surface area contributed by atoms with E-state index in [1.54, 1.807) is 42.5 Å². The minimum Gasteiger partial charge on any atom is -0.508 e. The molecule has 0 fully saturated rings. The average Bonchev–Trinajstić information content (AvgIpc) is 2.71. The van der Waals surface area contributed by atoms with E-state index in [2.05, 4.69) is 13.2 Å². The maximum absolute atomic E-state index is 9.90. The second kappa shape index (κ2) is 8.82. The summed E-state index contributed by atoms with van der Waals surface area (Å²) in [5.41, 5.74) is 3.72. The molecule has 3 aromatic rings. The number of ether oxygens (including phenoxy) is 2. The van der Waals surface area contributed by atoms with Crippen LogP contribution in [0.3, 0.4) is 0 Å². The summed E-state index contributed by atoms with van der Waals surface area (Å²) in [6.07, 6.45) is 3.56. The molecule has 0 amide bonds. The number of phenolic OH excluding ortho intramolecular Hbond substituents is 2. The molecule has 0 radical (unpaired) electrons. The van der Waals surface area contributed by atoms with E-state index in [-0.39, 0.29) is 18.1 Å². The summed E-state index contributed by atoms with van der Waals surface area (Å²) < 4.78 is 11.5. The third kappa shape index (κ3) is 4.54. The summed E-state index contributed by atoms with van der Waals surface area (Å²) in [4.78, 5) is 0. The molecule has 4 heteroatoms. The van der Waals surface area contributed by atoms with E-state index in [4.69, 9.17) is 9.47 Å². The van der Waals surface area contributed by atoms with E-state index in [1.165, 1.54) is 6.07 Å². The maximum Gasteiger partial charge on any atom is 0.131 e. The van der Waals surface area contributed by atoms with Crippen molar-refractivity contribution in [3.63, 3.8) is 0 Å². The zero-order chi connectivity index (χ0) is 19.9. The molecule has 4 nitrogen and oxygen atoms in total. The van der Waals surface area contributed by atoms with Gasteiger partial charge in [0.05, 0.1) is 0 Å². The van der Waals surface area contributed by atoms with Gasteiger partial charge in [0.2, 0.25) is 0 Å². The van der Waals surface area contributed by atoms with Gasteiger partial charge in [-0.1, -0.05) is 43.5 Å². The molecule has 142 valence electrons. The van der Waals surface area contributed by atoms with Crippen molar-refractivity contribution in [2.75, 3.05) is 13.2 Å². The molecule has 0 aliphatic heterocycles. The summed E-state index contributed by atoms with van der Waals surface area (Å²) in [6.45, 7) is 8.27. The number of rotatable bonds is 8. The molecular formula is C24H22O4. The third-order valence-electron chi connectivity index (χ3n) is 4.22. The predicted molar refractivity (Wildman–Crippen MR) is 113 cm³/mol. The quantitative estimate of drug-likeness (QED) is 0.511. The van der Waals surface area contributed by atoms with Crippen molar-refractivity contribution in [1.82, 2.24) is 0 Å². The lowest BCUT2D eigenvalue weighted by Crippen LogP contribution is -2.09. The van der Waals surface area contributed by atoms with Gasteiger partial charge in [-0.2, -0.15) is 0 Å². The number of hydrogen-bond donors (Lipinski definition) is 2. The molecule has 0 bridgehead atoms. The summed E-state index contributed by atoms with van der Waals surface area (Å²) in [5.74, 6) is 1.37. The molecule has 0 atom stereocenters. The lowest BCUT2D eigenvalue weighted by atomic mass is 9.96. The Morgan fingerprint density at radius 3 is 2.29 bits per heavy atom. The molecule has 3 rings (SSSR count). The average molecular weight is 374 g/mol. The second-order valence-corrected chi connectivity index (χ2v) is 6.13. The van der Waals surface area contributed by atoms with Crippen LogP contribution in [-0.2, 0) is 0 Å². The largest absolute Gasteiger partial charge is 0.508 e. The van der Waals surface area contributed by atoms with Gasteiger partial charge in [0.1, 0.15) is 36.2 Å². The number of benzene rings is 3. The van der Waals surface area contributed by atoms with Crippen LogP contribution in [0.15, 0.2) is 73.8 Å². The van der Waals surface area contributed by atoms with Gasteiger partial charge in [-0.05, 0) is 47.0 Å². The van der Waals surface area contributed by atoms with Crippen LogP contribution in [0.2, 0.25) is 0 Å². The van der Waals surface area contributed by atoms with Crippen LogP contribution in [-0.4, -0.2) is 23.4 Å². The van der Waals surface area contributed by atoms with Gasteiger partial charge in [-0.3, -0.25) is 0 Å². The Balaban J connectivity index is 1.80. The molecule has 0 aliphatic carbocycles. The molecule has 3 aromatic carbocycles. The van der Waals surface area contributed by atoms with Crippen molar-refractivity contribution < 1.29 is 19.7 Å². The second-order valence-electron chi connectivity index (χ2n) is 6.13. The van der Waals surface area contributed by atoms with Crippen molar-refractivity contribution in [3.8, 4) is 34.1 Å². The molecule has 0 unspecified atom stereocenters. The Morgan fingerprint density at radius 1 is 0.750 bits per heavy atom. The molecule has 0 aliphatic rings. The lowest BCUT2D eigenvalue weighted by Gasteiger charge is -2.15. The first-order valence-corrected chi connectivity index (χ1v) is 8.87. The molecule has 0 saturated carbocycles. The third-order valence-corrected chi connectivity index (χ3v) is 4.22. The Hall–Kier alpha value is -3.66. The van der Waals surface area contributed by atoms with E-state index >= 15 is 0 Å². The molecule has 0 saturated heterocycles. The van der Waals surface area contributed by atoms with Crippen LogP contribution in [0.4, 0.5) is 0 Å². The summed E-state index contributed by atoms with van der Waals surface area (Å²) in [6, 6.07) is 17.6. The number of aromatic hydroxyl groups is 2. The fourth-order valence-corrected chi connectivity index (χ4v) is 2.85. The maximum atomic E-state index is 9.90. The van der Waals surface area contributed by atoms with Crippen LogP contribution >= 0.6 is 0 Å². The topological polar surface area (TPSA) is 58.9 Å². The van der Waals surface area contributed by atoms with Crippen LogP contribution in [0.1, 0.15) is 11.1 Å². The SMILES string of the molecule is C=Cc1ccc(C=C)c(-c2ccc(O)cc2OCCOc2cccc(O)c2)c1. The highest BCUT2D eigenvalue weighted by molar-refractivity contribution is 5.81. The van der Waals surface area contributed by atoms with Gasteiger partial charge < -0.3 is 19.7 Å². The van der Waals surface area contributed by atoms with Crippen molar-refractivity contribution in [2.24, 2.45) is 0 Å². The highest BCUT2D eigenvalue weighted by Crippen LogP contribution is 2.36. The first-order chi connectivity index (χ1) is 13.6. The van der Waals surface area contributed by atoms with Crippen LogP contribution in [0.25, 0.3) is 23.3 Å². The molecular weight excluding hydrogens is 352 g/mol. The van der Waals surface area contributed by atoms with Crippen molar-refractivity contribution in [1.29, 1.82) is 0 Å². The fourth-order valence-electron chi connectivity index (χ4n) is 2.85. The first-order valence-electron chi connectivity index (χ1n) is 8.87. The van der Waals surface area contributed by atoms with E-state index in [9.17, 15) is 10.2 Å².